The molecule has 0 aliphatic heterocycles. The van der Waals surface area contributed by atoms with Crippen molar-refractivity contribution in [3.8, 4) is 5.75 Å². The SMILES string of the molecule is COCCNC(=O)COc1ccc(S(=O)(=O)Nc2ccc(Cl)cc2)cc1C. The van der Waals surface area contributed by atoms with Gasteiger partial charge >= 0.3 is 0 Å². The van der Waals surface area contributed by atoms with E-state index >= 15 is 0 Å². The van der Waals surface area contributed by atoms with Crippen LogP contribution in [0.25, 0.3) is 0 Å². The molecule has 9 heteroatoms. The summed E-state index contributed by atoms with van der Waals surface area (Å²) in [7, 11) is -2.21. The van der Waals surface area contributed by atoms with Gasteiger partial charge in [-0.3, -0.25) is 9.52 Å². The second-order valence-electron chi connectivity index (χ2n) is 5.67. The molecule has 0 bridgehead atoms. The van der Waals surface area contributed by atoms with E-state index in [0.717, 1.165) is 0 Å². The maximum absolute atomic E-state index is 12.5. The minimum absolute atomic E-state index is 0.0897. The molecule has 0 saturated carbocycles. The number of hydrogen-bond donors (Lipinski definition) is 2. The average molecular weight is 413 g/mol. The summed E-state index contributed by atoms with van der Waals surface area (Å²) < 4.78 is 37.8. The maximum Gasteiger partial charge on any atom is 0.261 e. The Morgan fingerprint density at radius 3 is 2.48 bits per heavy atom. The molecule has 146 valence electrons. The van der Waals surface area contributed by atoms with Crippen molar-refractivity contribution in [2.24, 2.45) is 0 Å². The molecule has 0 aliphatic rings. The number of halogens is 1. The first-order chi connectivity index (χ1) is 12.8. The van der Waals surface area contributed by atoms with E-state index in [-0.39, 0.29) is 17.4 Å². The van der Waals surface area contributed by atoms with Gasteiger partial charge in [0.05, 0.1) is 11.5 Å². The van der Waals surface area contributed by atoms with E-state index < -0.39 is 10.0 Å². The smallest absolute Gasteiger partial charge is 0.261 e. The average Bonchev–Trinajstić information content (AvgIpc) is 2.62. The molecular weight excluding hydrogens is 392 g/mol. The summed E-state index contributed by atoms with van der Waals surface area (Å²) in [5.41, 5.74) is 1.00. The van der Waals surface area contributed by atoms with Gasteiger partial charge in [0.25, 0.3) is 15.9 Å². The van der Waals surface area contributed by atoms with Gasteiger partial charge in [0, 0.05) is 24.4 Å². The van der Waals surface area contributed by atoms with Crippen LogP contribution in [0.3, 0.4) is 0 Å². The fourth-order valence-electron chi connectivity index (χ4n) is 2.17. The standard InChI is InChI=1S/C18H21ClN2O5S/c1-13-11-16(27(23,24)21-15-5-3-14(19)4-6-15)7-8-17(13)26-12-18(22)20-9-10-25-2/h3-8,11,21H,9-10,12H2,1-2H3,(H,20,22). The van der Waals surface area contributed by atoms with Crippen LogP contribution in [-0.4, -0.2) is 41.2 Å². The molecule has 0 heterocycles. The topological polar surface area (TPSA) is 93.7 Å². The highest BCUT2D eigenvalue weighted by molar-refractivity contribution is 7.92. The molecule has 2 rings (SSSR count). The molecule has 0 atom stereocenters. The van der Waals surface area contributed by atoms with E-state index in [2.05, 4.69) is 10.0 Å². The summed E-state index contributed by atoms with van der Waals surface area (Å²) in [6, 6.07) is 10.8. The molecule has 0 radical (unpaired) electrons. The number of benzene rings is 2. The minimum atomic E-state index is -3.75. The molecule has 1 amide bonds. The lowest BCUT2D eigenvalue weighted by atomic mass is 10.2. The van der Waals surface area contributed by atoms with E-state index in [1.807, 2.05) is 0 Å². The van der Waals surface area contributed by atoms with Crippen LogP contribution in [0.1, 0.15) is 5.56 Å². The maximum atomic E-state index is 12.5. The predicted octanol–water partition coefficient (Wildman–Crippen LogP) is 2.59. The monoisotopic (exact) mass is 412 g/mol. The second kappa shape index (κ2) is 9.59. The number of amides is 1. The molecule has 2 aromatic carbocycles. The van der Waals surface area contributed by atoms with E-state index in [9.17, 15) is 13.2 Å². The largest absolute Gasteiger partial charge is 0.484 e. The van der Waals surface area contributed by atoms with E-state index in [1.165, 1.54) is 18.2 Å². The number of nitrogens with one attached hydrogen (secondary N) is 2. The third-order valence-electron chi connectivity index (χ3n) is 3.54. The highest BCUT2D eigenvalue weighted by Crippen LogP contribution is 2.24. The summed E-state index contributed by atoms with van der Waals surface area (Å²) in [4.78, 5) is 11.7. The number of hydrogen-bond acceptors (Lipinski definition) is 5. The Hall–Kier alpha value is -2.29. The lowest BCUT2D eigenvalue weighted by molar-refractivity contribution is -0.123. The van der Waals surface area contributed by atoms with Crippen LogP contribution < -0.4 is 14.8 Å². The van der Waals surface area contributed by atoms with Crippen LogP contribution in [0.15, 0.2) is 47.4 Å². The van der Waals surface area contributed by atoms with Crippen LogP contribution in [0.4, 0.5) is 5.69 Å². The molecule has 2 aromatic rings. The predicted molar refractivity (Wildman–Crippen MR) is 104 cm³/mol. The van der Waals surface area contributed by atoms with Gasteiger partial charge in [-0.25, -0.2) is 8.42 Å². The summed E-state index contributed by atoms with van der Waals surface area (Å²) >= 11 is 5.80. The zero-order chi connectivity index (χ0) is 19.9. The Kier molecular flexibility index (Phi) is 7.46. The Balaban J connectivity index is 2.02. The van der Waals surface area contributed by atoms with Crippen molar-refractivity contribution in [1.82, 2.24) is 5.32 Å². The highest BCUT2D eigenvalue weighted by atomic mass is 35.5. The van der Waals surface area contributed by atoms with Crippen LogP contribution in [0.2, 0.25) is 5.02 Å². The van der Waals surface area contributed by atoms with Gasteiger partial charge in [-0.15, -0.1) is 0 Å². The second-order valence-corrected chi connectivity index (χ2v) is 7.79. The third kappa shape index (κ3) is 6.42. The van der Waals surface area contributed by atoms with Gasteiger partial charge in [0.15, 0.2) is 6.61 Å². The van der Waals surface area contributed by atoms with Gasteiger partial charge < -0.3 is 14.8 Å². The first-order valence-electron chi connectivity index (χ1n) is 8.09. The zero-order valence-electron chi connectivity index (χ0n) is 15.0. The van der Waals surface area contributed by atoms with Crippen molar-refractivity contribution in [1.29, 1.82) is 0 Å². The Labute approximate surface area is 163 Å². The first-order valence-corrected chi connectivity index (χ1v) is 9.95. The number of carbonyl (C=O) groups is 1. The molecular formula is C18H21ClN2O5S. The van der Waals surface area contributed by atoms with E-state index in [0.29, 0.717) is 35.2 Å². The number of methoxy groups -OCH3 is 1. The molecule has 0 aliphatic carbocycles. The number of sulfonamides is 1. The van der Waals surface area contributed by atoms with Crippen LogP contribution in [0, 0.1) is 6.92 Å². The fourth-order valence-corrected chi connectivity index (χ4v) is 3.44. The number of rotatable bonds is 9. The number of anilines is 1. The summed E-state index contributed by atoms with van der Waals surface area (Å²) in [6.45, 7) is 2.35. The first kappa shape index (κ1) is 21.0. The molecule has 0 unspecified atom stereocenters. The molecule has 0 fully saturated rings. The van der Waals surface area contributed by atoms with E-state index in [1.54, 1.807) is 38.3 Å². The van der Waals surface area contributed by atoms with Gasteiger partial charge in [0.2, 0.25) is 0 Å². The van der Waals surface area contributed by atoms with Gasteiger partial charge in [-0.2, -0.15) is 0 Å². The Morgan fingerprint density at radius 1 is 1.15 bits per heavy atom. The number of aryl methyl sites for hydroxylation is 1. The van der Waals surface area contributed by atoms with Gasteiger partial charge in [-0.1, -0.05) is 11.6 Å². The molecule has 27 heavy (non-hydrogen) atoms. The molecule has 2 N–H and O–H groups in total. The van der Waals surface area contributed by atoms with Crippen molar-refractivity contribution >= 4 is 33.2 Å². The third-order valence-corrected chi connectivity index (χ3v) is 5.17. The minimum Gasteiger partial charge on any atom is -0.484 e. The summed E-state index contributed by atoms with van der Waals surface area (Å²) in [5, 5.41) is 3.15. The highest BCUT2D eigenvalue weighted by Gasteiger charge is 2.16. The lowest BCUT2D eigenvalue weighted by Gasteiger charge is -2.12. The van der Waals surface area contributed by atoms with Crippen LogP contribution >= 0.6 is 11.6 Å². The lowest BCUT2D eigenvalue weighted by Crippen LogP contribution is -2.31. The molecule has 7 nitrogen and oxygen atoms in total. The summed E-state index contributed by atoms with van der Waals surface area (Å²) in [6.07, 6.45) is 0. The molecule has 0 saturated heterocycles. The molecule has 0 spiro atoms. The number of carbonyl (C=O) groups excluding carboxylic acids is 1. The fraction of sp³-hybridized carbons (Fsp3) is 0.278. The Bertz CT molecular complexity index is 885. The van der Waals surface area contributed by atoms with Crippen LogP contribution in [-0.2, 0) is 19.6 Å². The summed E-state index contributed by atoms with van der Waals surface area (Å²) in [5.74, 6) is 0.148. The number of ether oxygens (including phenoxy) is 2. The Morgan fingerprint density at radius 2 is 1.85 bits per heavy atom. The zero-order valence-corrected chi connectivity index (χ0v) is 16.6. The van der Waals surface area contributed by atoms with E-state index in [4.69, 9.17) is 21.1 Å². The van der Waals surface area contributed by atoms with Crippen molar-refractivity contribution in [3.63, 3.8) is 0 Å². The van der Waals surface area contributed by atoms with Crippen LogP contribution in [0.5, 0.6) is 5.75 Å². The van der Waals surface area contributed by atoms with Crippen molar-refractivity contribution in [2.45, 2.75) is 11.8 Å². The quantitative estimate of drug-likeness (QED) is 0.617. The van der Waals surface area contributed by atoms with Crippen molar-refractivity contribution in [3.05, 3.63) is 53.1 Å². The van der Waals surface area contributed by atoms with Crippen molar-refractivity contribution in [2.75, 3.05) is 31.6 Å². The van der Waals surface area contributed by atoms with Gasteiger partial charge in [-0.05, 0) is 55.0 Å². The van der Waals surface area contributed by atoms with Gasteiger partial charge in [0.1, 0.15) is 5.75 Å². The van der Waals surface area contributed by atoms with Crippen molar-refractivity contribution < 1.29 is 22.7 Å². The normalized spacial score (nSPS) is 11.1. The molecule has 0 aromatic heterocycles.